The molecule has 0 amide bonds. The van der Waals surface area contributed by atoms with Gasteiger partial charge in [-0.15, -0.1) is 0 Å². The Kier molecular flexibility index (Phi) is 5.29. The second-order valence-corrected chi connectivity index (χ2v) is 6.17. The van der Waals surface area contributed by atoms with Crippen LogP contribution < -0.4 is 4.74 Å². The van der Waals surface area contributed by atoms with Gasteiger partial charge in [-0.2, -0.15) is 0 Å². The fraction of sp³-hybridized carbons (Fsp3) is 0.450. The molecule has 0 bridgehead atoms. The molecule has 0 spiro atoms. The molecule has 3 rings (SSSR count). The second kappa shape index (κ2) is 7.60. The summed E-state index contributed by atoms with van der Waals surface area (Å²) < 4.78 is 5.72. The molecule has 3 nitrogen and oxygen atoms in total. The van der Waals surface area contributed by atoms with Gasteiger partial charge in [-0.05, 0) is 49.7 Å². The van der Waals surface area contributed by atoms with Gasteiger partial charge in [0.1, 0.15) is 5.75 Å². The van der Waals surface area contributed by atoms with Crippen molar-refractivity contribution in [3.63, 3.8) is 0 Å². The van der Waals surface area contributed by atoms with E-state index in [1.807, 2.05) is 43.3 Å². The maximum atomic E-state index is 12.9. The molecule has 122 valence electrons. The van der Waals surface area contributed by atoms with E-state index in [0.717, 1.165) is 41.7 Å². The van der Waals surface area contributed by atoms with Gasteiger partial charge in [0.05, 0.1) is 12.2 Å². The monoisotopic (exact) mass is 311 g/mol. The summed E-state index contributed by atoms with van der Waals surface area (Å²) in [7, 11) is 0. The lowest BCUT2D eigenvalue weighted by atomic mass is 9.98. The van der Waals surface area contributed by atoms with Crippen molar-refractivity contribution < 1.29 is 9.53 Å². The average Bonchev–Trinajstić information content (AvgIpc) is 2.60. The summed E-state index contributed by atoms with van der Waals surface area (Å²) in [5, 5.41) is 2.10. The molecule has 0 unspecified atom stereocenters. The number of nitrogens with zero attached hydrogens (tertiary/aromatic N) is 1. The Bertz CT molecular complexity index is 674. The van der Waals surface area contributed by atoms with Crippen LogP contribution in [0.25, 0.3) is 10.8 Å². The van der Waals surface area contributed by atoms with E-state index in [2.05, 4.69) is 4.90 Å². The van der Waals surface area contributed by atoms with Crippen molar-refractivity contribution >= 4 is 16.6 Å². The van der Waals surface area contributed by atoms with E-state index in [1.165, 1.54) is 19.3 Å². The van der Waals surface area contributed by atoms with Crippen LogP contribution in [-0.2, 0) is 0 Å². The van der Waals surface area contributed by atoms with E-state index in [4.69, 9.17) is 4.74 Å². The van der Waals surface area contributed by atoms with E-state index in [1.54, 1.807) is 0 Å². The molecule has 1 saturated heterocycles. The number of Topliss-reactive ketones (excluding diaryl/α,β-unsaturated/α-hetero) is 1. The van der Waals surface area contributed by atoms with Gasteiger partial charge in [-0.25, -0.2) is 0 Å². The van der Waals surface area contributed by atoms with Crippen molar-refractivity contribution in [1.29, 1.82) is 0 Å². The molecule has 0 atom stereocenters. The summed E-state index contributed by atoms with van der Waals surface area (Å²) in [5.74, 6) is 0.908. The Morgan fingerprint density at radius 1 is 1.09 bits per heavy atom. The zero-order chi connectivity index (χ0) is 16.1. The number of fused-ring (bicyclic) bond motifs is 1. The molecule has 1 heterocycles. The summed E-state index contributed by atoms with van der Waals surface area (Å²) in [4.78, 5) is 15.3. The third kappa shape index (κ3) is 3.73. The molecule has 1 aliphatic heterocycles. The maximum Gasteiger partial charge on any atom is 0.168 e. The van der Waals surface area contributed by atoms with Crippen molar-refractivity contribution in [3.05, 3.63) is 42.0 Å². The first-order valence-corrected chi connectivity index (χ1v) is 8.69. The van der Waals surface area contributed by atoms with Crippen LogP contribution in [0.5, 0.6) is 5.75 Å². The number of hydrogen-bond donors (Lipinski definition) is 0. The Hall–Kier alpha value is -1.87. The molecule has 23 heavy (non-hydrogen) atoms. The highest BCUT2D eigenvalue weighted by Crippen LogP contribution is 2.29. The van der Waals surface area contributed by atoms with Crippen molar-refractivity contribution in [3.8, 4) is 5.75 Å². The average molecular weight is 311 g/mol. The van der Waals surface area contributed by atoms with Crippen molar-refractivity contribution in [1.82, 2.24) is 4.90 Å². The lowest BCUT2D eigenvalue weighted by Crippen LogP contribution is -2.31. The van der Waals surface area contributed by atoms with Crippen LogP contribution in [0.3, 0.4) is 0 Å². The molecule has 0 aromatic heterocycles. The summed E-state index contributed by atoms with van der Waals surface area (Å²) in [6.07, 6.45) is 4.40. The van der Waals surface area contributed by atoms with E-state index >= 15 is 0 Å². The summed E-state index contributed by atoms with van der Waals surface area (Å²) in [5.41, 5.74) is 0.752. The Balaban J connectivity index is 1.83. The van der Waals surface area contributed by atoms with Crippen LogP contribution in [0, 0.1) is 0 Å². The Labute approximate surface area is 138 Å². The normalized spacial score (nSPS) is 15.7. The maximum absolute atomic E-state index is 12.9. The van der Waals surface area contributed by atoms with Crippen LogP contribution in [-0.4, -0.2) is 36.9 Å². The van der Waals surface area contributed by atoms with E-state index in [9.17, 15) is 4.79 Å². The van der Waals surface area contributed by atoms with Gasteiger partial charge in [0, 0.05) is 13.0 Å². The number of carbonyl (C=O) groups is 1. The van der Waals surface area contributed by atoms with Gasteiger partial charge in [0.2, 0.25) is 0 Å². The highest BCUT2D eigenvalue weighted by Gasteiger charge is 2.18. The number of ether oxygens (including phenoxy) is 1. The number of rotatable bonds is 6. The first-order valence-electron chi connectivity index (χ1n) is 8.69. The fourth-order valence-electron chi connectivity index (χ4n) is 3.38. The molecule has 1 aliphatic rings. The van der Waals surface area contributed by atoms with Gasteiger partial charge in [0.25, 0.3) is 0 Å². The second-order valence-electron chi connectivity index (χ2n) is 6.17. The molecular formula is C20H25NO2. The van der Waals surface area contributed by atoms with Crippen LogP contribution in [0.1, 0.15) is 43.0 Å². The van der Waals surface area contributed by atoms with Crippen molar-refractivity contribution in [2.75, 3.05) is 26.2 Å². The number of carbonyl (C=O) groups excluding carboxylic acids is 1. The number of piperidine rings is 1. The molecule has 2 aromatic rings. The third-order valence-electron chi connectivity index (χ3n) is 4.57. The molecule has 0 radical (unpaired) electrons. The minimum absolute atomic E-state index is 0.191. The van der Waals surface area contributed by atoms with Crippen LogP contribution >= 0.6 is 0 Å². The van der Waals surface area contributed by atoms with E-state index in [0.29, 0.717) is 13.0 Å². The quantitative estimate of drug-likeness (QED) is 0.745. The highest BCUT2D eigenvalue weighted by molar-refractivity contribution is 6.10. The molecule has 1 fully saturated rings. The lowest BCUT2D eigenvalue weighted by Gasteiger charge is -2.26. The van der Waals surface area contributed by atoms with Crippen molar-refractivity contribution in [2.45, 2.75) is 32.6 Å². The number of hydrogen-bond acceptors (Lipinski definition) is 3. The van der Waals surface area contributed by atoms with Gasteiger partial charge < -0.3 is 9.64 Å². The first kappa shape index (κ1) is 16.0. The highest BCUT2D eigenvalue weighted by atomic mass is 16.5. The number of ketones is 1. The predicted octanol–water partition coefficient (Wildman–Crippen LogP) is 4.30. The summed E-state index contributed by atoms with van der Waals surface area (Å²) in [6.45, 7) is 5.64. The lowest BCUT2D eigenvalue weighted by molar-refractivity contribution is 0.0957. The Morgan fingerprint density at radius 3 is 2.65 bits per heavy atom. The molecule has 0 aliphatic carbocycles. The van der Waals surface area contributed by atoms with Crippen LogP contribution in [0.4, 0.5) is 0 Å². The van der Waals surface area contributed by atoms with Gasteiger partial charge in [0.15, 0.2) is 5.78 Å². The van der Waals surface area contributed by atoms with E-state index in [-0.39, 0.29) is 5.78 Å². The molecule has 2 aromatic carbocycles. The Morgan fingerprint density at radius 2 is 1.87 bits per heavy atom. The van der Waals surface area contributed by atoms with Gasteiger partial charge >= 0.3 is 0 Å². The minimum Gasteiger partial charge on any atom is -0.493 e. The molecule has 0 saturated carbocycles. The summed E-state index contributed by atoms with van der Waals surface area (Å²) in [6, 6.07) is 12.0. The van der Waals surface area contributed by atoms with Gasteiger partial charge in [-0.1, -0.05) is 36.8 Å². The molecule has 0 N–H and O–H groups in total. The molecule has 3 heteroatoms. The smallest absolute Gasteiger partial charge is 0.168 e. The molecular weight excluding hydrogens is 286 g/mol. The fourth-order valence-corrected chi connectivity index (χ4v) is 3.38. The topological polar surface area (TPSA) is 29.5 Å². The number of benzene rings is 2. The first-order chi connectivity index (χ1) is 11.3. The van der Waals surface area contributed by atoms with E-state index < -0.39 is 0 Å². The SMILES string of the molecule is CCOc1ccc2ccccc2c1C(=O)CCN1CCCCC1. The van der Waals surface area contributed by atoms with Gasteiger partial charge in [-0.3, -0.25) is 4.79 Å². The number of likely N-dealkylation sites (tertiary alicyclic amines) is 1. The summed E-state index contributed by atoms with van der Waals surface area (Å²) >= 11 is 0. The largest absolute Gasteiger partial charge is 0.493 e. The third-order valence-corrected chi connectivity index (χ3v) is 4.57. The standard InChI is InChI=1S/C20H25NO2/c1-2-23-19-11-10-16-8-4-5-9-17(16)20(19)18(22)12-15-21-13-6-3-7-14-21/h4-5,8-11H,2-3,6-7,12-15H2,1H3. The van der Waals surface area contributed by atoms with Crippen LogP contribution in [0.2, 0.25) is 0 Å². The van der Waals surface area contributed by atoms with Crippen LogP contribution in [0.15, 0.2) is 36.4 Å². The predicted molar refractivity (Wildman–Crippen MR) is 94.4 cm³/mol. The van der Waals surface area contributed by atoms with Crippen molar-refractivity contribution in [2.24, 2.45) is 0 Å². The minimum atomic E-state index is 0.191. The zero-order valence-electron chi connectivity index (χ0n) is 13.9. The zero-order valence-corrected chi connectivity index (χ0v) is 13.9.